The minimum absolute atomic E-state index is 0.156. The van der Waals surface area contributed by atoms with Crippen LogP contribution in [0.1, 0.15) is 68.1 Å². The van der Waals surface area contributed by atoms with E-state index < -0.39 is 6.04 Å². The third-order valence-electron chi connectivity index (χ3n) is 7.19. The van der Waals surface area contributed by atoms with Gasteiger partial charge in [0.25, 0.3) is 5.56 Å². The number of hydrogen-bond acceptors (Lipinski definition) is 5. The van der Waals surface area contributed by atoms with Gasteiger partial charge in [-0.05, 0) is 44.9 Å². The lowest BCUT2D eigenvalue weighted by molar-refractivity contribution is -0.143. The molecule has 180 valence electrons. The monoisotopic (exact) mass is 470 g/mol. The van der Waals surface area contributed by atoms with Crippen molar-refractivity contribution >= 4 is 34.0 Å². The number of methoxy groups -OCH3 is 1. The van der Waals surface area contributed by atoms with Crippen molar-refractivity contribution in [2.75, 3.05) is 7.11 Å². The average Bonchev–Trinajstić information content (AvgIpc) is 3.18. The van der Waals surface area contributed by atoms with Gasteiger partial charge < -0.3 is 9.30 Å². The van der Waals surface area contributed by atoms with E-state index in [-0.39, 0.29) is 17.4 Å². The maximum absolute atomic E-state index is 13.5. The lowest BCUT2D eigenvalue weighted by atomic mass is 9.88. The summed E-state index contributed by atoms with van der Waals surface area (Å²) in [6.45, 7) is 3.79. The first-order chi connectivity index (χ1) is 17.0. The zero-order valence-corrected chi connectivity index (χ0v) is 20.4. The molecular weight excluding hydrogens is 440 g/mol. The van der Waals surface area contributed by atoms with Gasteiger partial charge in [0, 0.05) is 28.1 Å². The zero-order chi connectivity index (χ0) is 24.5. The first-order valence-corrected chi connectivity index (χ1v) is 12.2. The highest BCUT2D eigenvalue weighted by atomic mass is 16.5. The van der Waals surface area contributed by atoms with Crippen molar-refractivity contribution in [3.8, 4) is 0 Å². The van der Waals surface area contributed by atoms with Crippen molar-refractivity contribution in [3.05, 3.63) is 76.0 Å². The van der Waals surface area contributed by atoms with Gasteiger partial charge >= 0.3 is 5.97 Å². The van der Waals surface area contributed by atoms with Crippen molar-refractivity contribution < 1.29 is 9.53 Å². The molecule has 1 aliphatic rings. The highest BCUT2D eigenvalue weighted by Gasteiger charge is 2.24. The second-order valence-electron chi connectivity index (χ2n) is 9.27. The van der Waals surface area contributed by atoms with Crippen molar-refractivity contribution in [2.24, 2.45) is 5.10 Å². The van der Waals surface area contributed by atoms with Crippen LogP contribution in [-0.2, 0) is 9.53 Å². The number of para-hydroxylation sites is 2. The van der Waals surface area contributed by atoms with Gasteiger partial charge in [0.1, 0.15) is 11.9 Å². The second kappa shape index (κ2) is 9.49. The summed E-state index contributed by atoms with van der Waals surface area (Å²) in [4.78, 5) is 30.8. The van der Waals surface area contributed by atoms with Crippen LogP contribution in [0, 0.1) is 6.92 Å². The smallest absolute Gasteiger partial charge is 0.328 e. The van der Waals surface area contributed by atoms with E-state index >= 15 is 0 Å². The molecule has 5 rings (SSSR count). The second-order valence-corrected chi connectivity index (χ2v) is 9.27. The predicted molar refractivity (Wildman–Crippen MR) is 138 cm³/mol. The number of rotatable bonds is 5. The summed E-state index contributed by atoms with van der Waals surface area (Å²) in [5, 5.41) is 6.26. The summed E-state index contributed by atoms with van der Waals surface area (Å²) in [5.41, 5.74) is 3.22. The standard InChI is InChI=1S/C28H30N4O3/c1-18-23(21-13-8-10-16-25(21)31(18)19(2)28(34)35-3)17-29-32-26(20-11-5-4-6-12-20)30-24-15-9-7-14-22(24)27(32)33/h7-10,13-17,19-20H,4-6,11-12H2,1-3H3/t19-/m1/s1. The molecule has 4 aromatic rings. The number of nitrogens with zero attached hydrogens (tertiary/aromatic N) is 4. The Morgan fingerprint density at radius 2 is 1.77 bits per heavy atom. The van der Waals surface area contributed by atoms with Gasteiger partial charge in [0.15, 0.2) is 0 Å². The Kier molecular flexibility index (Phi) is 6.24. The number of benzene rings is 2. The largest absolute Gasteiger partial charge is 0.467 e. The van der Waals surface area contributed by atoms with Crippen LogP contribution in [0.15, 0.2) is 58.4 Å². The van der Waals surface area contributed by atoms with Crippen molar-refractivity contribution in [1.29, 1.82) is 0 Å². The summed E-state index contributed by atoms with van der Waals surface area (Å²) in [5.74, 6) is 0.626. The fraction of sp³-hybridized carbons (Fsp3) is 0.357. The maximum atomic E-state index is 13.5. The molecule has 2 heterocycles. The van der Waals surface area contributed by atoms with Gasteiger partial charge in [-0.2, -0.15) is 9.78 Å². The molecule has 2 aromatic carbocycles. The molecule has 7 heteroatoms. The van der Waals surface area contributed by atoms with Crippen molar-refractivity contribution in [3.63, 3.8) is 0 Å². The third-order valence-corrected chi connectivity index (χ3v) is 7.19. The molecule has 0 bridgehead atoms. The van der Waals surface area contributed by atoms with E-state index in [2.05, 4.69) is 0 Å². The molecule has 7 nitrogen and oxygen atoms in total. The molecule has 0 radical (unpaired) electrons. The molecule has 1 aliphatic carbocycles. The van der Waals surface area contributed by atoms with Crippen LogP contribution >= 0.6 is 0 Å². The highest BCUT2D eigenvalue weighted by molar-refractivity contribution is 6.01. The Hall–Kier alpha value is -3.74. The minimum Gasteiger partial charge on any atom is -0.467 e. The topological polar surface area (TPSA) is 78.5 Å². The van der Waals surface area contributed by atoms with E-state index in [9.17, 15) is 9.59 Å². The quantitative estimate of drug-likeness (QED) is 0.292. The zero-order valence-electron chi connectivity index (χ0n) is 20.4. The third kappa shape index (κ3) is 4.05. The van der Waals surface area contributed by atoms with Crippen LogP contribution < -0.4 is 5.56 Å². The number of ether oxygens (including phenoxy) is 1. The Labute approximate surface area is 204 Å². The molecule has 1 saturated carbocycles. The van der Waals surface area contributed by atoms with Crippen LogP contribution in [0.2, 0.25) is 0 Å². The van der Waals surface area contributed by atoms with E-state index in [1.54, 1.807) is 12.3 Å². The van der Waals surface area contributed by atoms with Gasteiger partial charge in [0.05, 0.1) is 24.2 Å². The number of fused-ring (bicyclic) bond motifs is 2. The summed E-state index contributed by atoms with van der Waals surface area (Å²) >= 11 is 0. The van der Waals surface area contributed by atoms with Crippen LogP contribution in [0.3, 0.4) is 0 Å². The molecule has 0 saturated heterocycles. The van der Waals surface area contributed by atoms with E-state index in [1.165, 1.54) is 18.2 Å². The van der Waals surface area contributed by atoms with Gasteiger partial charge in [-0.15, -0.1) is 0 Å². The number of aromatic nitrogens is 3. The van der Waals surface area contributed by atoms with Crippen LogP contribution in [0.5, 0.6) is 0 Å². The molecule has 2 aromatic heterocycles. The molecule has 1 atom stereocenters. The first-order valence-electron chi connectivity index (χ1n) is 12.2. The number of carbonyl (C=O) groups is 1. The van der Waals surface area contributed by atoms with Crippen LogP contribution in [-0.4, -0.2) is 33.5 Å². The van der Waals surface area contributed by atoms with Crippen LogP contribution in [0.4, 0.5) is 0 Å². The molecule has 0 unspecified atom stereocenters. The normalized spacial score (nSPS) is 15.7. The molecule has 0 spiro atoms. The molecule has 0 amide bonds. The number of hydrogen-bond donors (Lipinski definition) is 0. The first kappa shape index (κ1) is 23.0. The minimum atomic E-state index is -0.491. The van der Waals surface area contributed by atoms with Crippen molar-refractivity contribution in [1.82, 2.24) is 14.2 Å². The number of carbonyl (C=O) groups excluding carboxylic acids is 1. The van der Waals surface area contributed by atoms with Crippen molar-refractivity contribution in [2.45, 2.75) is 57.9 Å². The van der Waals surface area contributed by atoms with E-state index in [4.69, 9.17) is 14.8 Å². The Bertz CT molecular complexity index is 1490. The van der Waals surface area contributed by atoms with E-state index in [0.29, 0.717) is 10.9 Å². The average molecular weight is 471 g/mol. The fourth-order valence-electron chi connectivity index (χ4n) is 5.35. The maximum Gasteiger partial charge on any atom is 0.328 e. The Morgan fingerprint density at radius 1 is 1.09 bits per heavy atom. The summed E-state index contributed by atoms with van der Waals surface area (Å²) in [6.07, 6.45) is 7.24. The van der Waals surface area contributed by atoms with Gasteiger partial charge in [0.2, 0.25) is 0 Å². The molecule has 0 N–H and O–H groups in total. The number of esters is 1. The lowest BCUT2D eigenvalue weighted by Crippen LogP contribution is -2.25. The molecule has 1 fully saturated rings. The summed E-state index contributed by atoms with van der Waals surface area (Å²) in [7, 11) is 1.40. The fourth-order valence-corrected chi connectivity index (χ4v) is 5.35. The SMILES string of the molecule is COC(=O)[C@@H](C)n1c(C)c(C=Nn2c(C3CCCCC3)nc3ccccc3c2=O)c2ccccc21. The van der Waals surface area contributed by atoms with E-state index in [1.807, 2.05) is 60.9 Å². The predicted octanol–water partition coefficient (Wildman–Crippen LogP) is 5.32. The molecule has 35 heavy (non-hydrogen) atoms. The van der Waals surface area contributed by atoms with Crippen LogP contribution in [0.25, 0.3) is 21.8 Å². The van der Waals surface area contributed by atoms with Gasteiger partial charge in [-0.25, -0.2) is 9.78 Å². The summed E-state index contributed by atoms with van der Waals surface area (Å²) < 4.78 is 8.46. The molecule has 0 aliphatic heterocycles. The Morgan fingerprint density at radius 3 is 2.51 bits per heavy atom. The lowest BCUT2D eigenvalue weighted by Gasteiger charge is -2.22. The molecular formula is C28H30N4O3. The Balaban J connectivity index is 1.68. The van der Waals surface area contributed by atoms with Gasteiger partial charge in [-0.1, -0.05) is 49.6 Å². The van der Waals surface area contributed by atoms with E-state index in [0.717, 1.165) is 53.7 Å². The van der Waals surface area contributed by atoms with Gasteiger partial charge in [-0.3, -0.25) is 4.79 Å². The highest BCUT2D eigenvalue weighted by Crippen LogP contribution is 2.32. The summed E-state index contributed by atoms with van der Waals surface area (Å²) in [6, 6.07) is 14.9.